The van der Waals surface area contributed by atoms with Crippen LogP contribution in [0.1, 0.15) is 36.0 Å². The minimum Gasteiger partial charge on any atom is -0.496 e. The number of hydrogen-bond donors (Lipinski definition) is 0. The first-order valence-electron chi connectivity index (χ1n) is 7.14. The van der Waals surface area contributed by atoms with Crippen molar-refractivity contribution in [2.45, 2.75) is 31.8 Å². The van der Waals surface area contributed by atoms with Crippen LogP contribution >= 0.6 is 0 Å². The highest BCUT2D eigenvalue weighted by Gasteiger charge is 2.28. The number of ether oxygens (including phenoxy) is 4. The van der Waals surface area contributed by atoms with Crippen molar-refractivity contribution in [3.63, 3.8) is 0 Å². The van der Waals surface area contributed by atoms with Gasteiger partial charge in [-0.15, -0.1) is 0 Å². The first-order valence-corrected chi connectivity index (χ1v) is 7.14. The van der Waals surface area contributed by atoms with Crippen LogP contribution < -0.4 is 14.2 Å². The minimum atomic E-state index is -0.668. The van der Waals surface area contributed by atoms with Gasteiger partial charge in [-0.25, -0.2) is 4.79 Å². The van der Waals surface area contributed by atoms with E-state index in [1.54, 1.807) is 6.07 Å². The van der Waals surface area contributed by atoms with Gasteiger partial charge in [0.25, 0.3) is 0 Å². The van der Waals surface area contributed by atoms with Crippen molar-refractivity contribution in [2.24, 2.45) is 0 Å². The molecule has 0 radical (unpaired) electrons. The number of rotatable bonds is 5. The van der Waals surface area contributed by atoms with Crippen molar-refractivity contribution in [1.82, 2.24) is 0 Å². The van der Waals surface area contributed by atoms with Gasteiger partial charge < -0.3 is 18.9 Å². The van der Waals surface area contributed by atoms with E-state index in [9.17, 15) is 9.59 Å². The Morgan fingerprint density at radius 2 is 1.64 bits per heavy atom. The molecule has 0 heterocycles. The Bertz CT molecular complexity index is 566. The van der Waals surface area contributed by atoms with E-state index in [2.05, 4.69) is 0 Å². The van der Waals surface area contributed by atoms with Crippen LogP contribution in [0.3, 0.4) is 0 Å². The highest BCUT2D eigenvalue weighted by Crippen LogP contribution is 2.35. The maximum Gasteiger partial charge on any atom is 0.342 e. The van der Waals surface area contributed by atoms with Gasteiger partial charge >= 0.3 is 5.97 Å². The van der Waals surface area contributed by atoms with Crippen LogP contribution in [-0.4, -0.2) is 39.2 Å². The largest absolute Gasteiger partial charge is 0.496 e. The molecular weight excluding hydrogens is 288 g/mol. The maximum atomic E-state index is 12.4. The van der Waals surface area contributed by atoms with Gasteiger partial charge in [0.1, 0.15) is 11.3 Å². The molecule has 2 rings (SSSR count). The third-order valence-corrected chi connectivity index (χ3v) is 3.67. The van der Waals surface area contributed by atoms with Crippen molar-refractivity contribution in [3.8, 4) is 17.2 Å². The van der Waals surface area contributed by atoms with E-state index < -0.39 is 12.1 Å². The summed E-state index contributed by atoms with van der Waals surface area (Å²) in [5, 5.41) is 0. The minimum absolute atomic E-state index is 0.0287. The van der Waals surface area contributed by atoms with Gasteiger partial charge in [-0.05, 0) is 19.3 Å². The summed E-state index contributed by atoms with van der Waals surface area (Å²) < 4.78 is 20.9. The second-order valence-corrected chi connectivity index (χ2v) is 5.01. The number of esters is 1. The third-order valence-electron chi connectivity index (χ3n) is 3.67. The molecule has 22 heavy (non-hydrogen) atoms. The van der Waals surface area contributed by atoms with E-state index in [4.69, 9.17) is 18.9 Å². The molecule has 1 aromatic carbocycles. The number of methoxy groups -OCH3 is 3. The summed E-state index contributed by atoms with van der Waals surface area (Å²) in [6, 6.07) is 3.05. The summed E-state index contributed by atoms with van der Waals surface area (Å²) in [5.74, 6) is 0.526. The molecule has 1 aromatic rings. The van der Waals surface area contributed by atoms with Crippen molar-refractivity contribution < 1.29 is 28.5 Å². The molecule has 1 aliphatic rings. The Morgan fingerprint density at radius 1 is 1.00 bits per heavy atom. The van der Waals surface area contributed by atoms with Crippen LogP contribution in [-0.2, 0) is 9.53 Å². The Kier molecular flexibility index (Phi) is 5.25. The SMILES string of the molecule is COc1cc(OC)c(C(=O)O[C@@H]2CCCCC2=O)cc1OC. The second kappa shape index (κ2) is 7.15. The number of hydrogen-bond acceptors (Lipinski definition) is 6. The molecule has 1 saturated carbocycles. The van der Waals surface area contributed by atoms with E-state index in [-0.39, 0.29) is 11.3 Å². The first-order chi connectivity index (χ1) is 10.6. The molecule has 6 nitrogen and oxygen atoms in total. The second-order valence-electron chi connectivity index (χ2n) is 5.01. The fourth-order valence-electron chi connectivity index (χ4n) is 2.46. The van der Waals surface area contributed by atoms with E-state index >= 15 is 0 Å². The third kappa shape index (κ3) is 3.32. The lowest BCUT2D eigenvalue weighted by molar-refractivity contribution is -0.129. The zero-order chi connectivity index (χ0) is 16.1. The van der Waals surface area contributed by atoms with Gasteiger partial charge in [-0.1, -0.05) is 0 Å². The number of ketones is 1. The smallest absolute Gasteiger partial charge is 0.342 e. The molecule has 0 saturated heterocycles. The lowest BCUT2D eigenvalue weighted by atomic mass is 9.96. The fraction of sp³-hybridized carbons (Fsp3) is 0.500. The van der Waals surface area contributed by atoms with E-state index in [0.717, 1.165) is 12.8 Å². The van der Waals surface area contributed by atoms with Gasteiger partial charge in [0, 0.05) is 18.6 Å². The molecule has 1 fully saturated rings. The Hall–Kier alpha value is -2.24. The molecule has 120 valence electrons. The molecular formula is C16H20O6. The summed E-state index contributed by atoms with van der Waals surface area (Å²) in [7, 11) is 4.42. The zero-order valence-corrected chi connectivity index (χ0v) is 13.0. The fourth-order valence-corrected chi connectivity index (χ4v) is 2.46. The monoisotopic (exact) mass is 308 g/mol. The van der Waals surface area contributed by atoms with Gasteiger partial charge in [0.2, 0.25) is 0 Å². The summed E-state index contributed by atoms with van der Waals surface area (Å²) in [6.07, 6.45) is 2.10. The summed E-state index contributed by atoms with van der Waals surface area (Å²) in [5.41, 5.74) is 0.207. The topological polar surface area (TPSA) is 71.1 Å². The highest BCUT2D eigenvalue weighted by molar-refractivity contribution is 5.96. The van der Waals surface area contributed by atoms with E-state index in [1.807, 2.05) is 0 Å². The molecule has 0 bridgehead atoms. The Balaban J connectivity index is 2.26. The molecule has 0 aliphatic heterocycles. The molecule has 1 aliphatic carbocycles. The van der Waals surface area contributed by atoms with E-state index in [0.29, 0.717) is 30.1 Å². The molecule has 0 N–H and O–H groups in total. The predicted molar refractivity (Wildman–Crippen MR) is 78.8 cm³/mol. The first kappa shape index (κ1) is 16.1. The zero-order valence-electron chi connectivity index (χ0n) is 13.0. The van der Waals surface area contributed by atoms with Crippen molar-refractivity contribution >= 4 is 11.8 Å². The summed E-state index contributed by atoms with van der Waals surface area (Å²) in [4.78, 5) is 24.1. The molecule has 0 aromatic heterocycles. The van der Waals surface area contributed by atoms with Crippen LogP contribution in [0.4, 0.5) is 0 Å². The summed E-state index contributed by atoms with van der Waals surface area (Å²) >= 11 is 0. The van der Waals surface area contributed by atoms with Gasteiger partial charge in [-0.3, -0.25) is 4.79 Å². The average Bonchev–Trinajstić information content (AvgIpc) is 2.55. The maximum absolute atomic E-state index is 12.4. The van der Waals surface area contributed by atoms with Crippen molar-refractivity contribution in [2.75, 3.05) is 21.3 Å². The van der Waals surface area contributed by atoms with Crippen LogP contribution in [0.15, 0.2) is 12.1 Å². The Labute approximate surface area is 129 Å². The number of benzene rings is 1. The molecule has 0 spiro atoms. The van der Waals surface area contributed by atoms with Crippen LogP contribution in [0.25, 0.3) is 0 Å². The lowest BCUT2D eigenvalue weighted by Gasteiger charge is -2.21. The standard InChI is InChI=1S/C16H20O6/c1-19-13-9-15(21-3)14(20-2)8-10(13)16(18)22-12-7-5-4-6-11(12)17/h8-9,12H,4-7H2,1-3H3/t12-/m1/s1. The van der Waals surface area contributed by atoms with Crippen molar-refractivity contribution in [1.29, 1.82) is 0 Å². The van der Waals surface area contributed by atoms with Gasteiger partial charge in [-0.2, -0.15) is 0 Å². The van der Waals surface area contributed by atoms with Crippen LogP contribution in [0, 0.1) is 0 Å². The normalized spacial score (nSPS) is 17.8. The lowest BCUT2D eigenvalue weighted by Crippen LogP contribution is -2.30. The predicted octanol–water partition coefficient (Wildman–Crippen LogP) is 2.38. The summed E-state index contributed by atoms with van der Waals surface area (Å²) in [6.45, 7) is 0. The van der Waals surface area contributed by atoms with Crippen molar-refractivity contribution in [3.05, 3.63) is 17.7 Å². The van der Waals surface area contributed by atoms with Crippen LogP contribution in [0.5, 0.6) is 17.2 Å². The van der Waals surface area contributed by atoms with E-state index in [1.165, 1.54) is 27.4 Å². The quantitative estimate of drug-likeness (QED) is 0.778. The highest BCUT2D eigenvalue weighted by atomic mass is 16.6. The molecule has 6 heteroatoms. The van der Waals surface area contributed by atoms with Crippen LogP contribution in [0.2, 0.25) is 0 Å². The molecule has 0 unspecified atom stereocenters. The number of carbonyl (C=O) groups is 2. The van der Waals surface area contributed by atoms with Gasteiger partial charge in [0.15, 0.2) is 23.4 Å². The number of Topliss-reactive ketones (excluding diaryl/α,β-unsaturated/α-hetero) is 1. The van der Waals surface area contributed by atoms with Gasteiger partial charge in [0.05, 0.1) is 21.3 Å². The Morgan fingerprint density at radius 3 is 2.23 bits per heavy atom. The molecule has 1 atom stereocenters. The molecule has 0 amide bonds. The average molecular weight is 308 g/mol. The number of carbonyl (C=O) groups excluding carboxylic acids is 2.